The van der Waals surface area contributed by atoms with Gasteiger partial charge in [-0.1, -0.05) is 0 Å². The van der Waals surface area contributed by atoms with Gasteiger partial charge in [0.1, 0.15) is 5.69 Å². The van der Waals surface area contributed by atoms with Crippen molar-refractivity contribution in [2.45, 2.75) is 0 Å². The standard InChI is InChI=1S/C14H12BrN3O2/c1-16-13(19)9-2-5-11(6-3-9)18-14(20)12-7-4-10(15)8-17-12/h2-8H,1H3,(H,16,19)(H,18,20). The van der Waals surface area contributed by atoms with Crippen molar-refractivity contribution < 1.29 is 9.59 Å². The zero-order valence-electron chi connectivity index (χ0n) is 10.7. The first-order valence-electron chi connectivity index (χ1n) is 5.85. The number of pyridine rings is 1. The first kappa shape index (κ1) is 14.2. The Morgan fingerprint density at radius 3 is 2.30 bits per heavy atom. The largest absolute Gasteiger partial charge is 0.355 e. The zero-order valence-corrected chi connectivity index (χ0v) is 12.3. The zero-order chi connectivity index (χ0) is 14.5. The van der Waals surface area contributed by atoms with Gasteiger partial charge in [0, 0.05) is 29.0 Å². The molecule has 0 aliphatic heterocycles. The van der Waals surface area contributed by atoms with Crippen LogP contribution in [0.25, 0.3) is 0 Å². The topological polar surface area (TPSA) is 71.1 Å². The Labute approximate surface area is 124 Å². The predicted molar refractivity (Wildman–Crippen MR) is 79.7 cm³/mol. The molecule has 0 atom stereocenters. The number of aromatic nitrogens is 1. The monoisotopic (exact) mass is 333 g/mol. The van der Waals surface area contributed by atoms with Gasteiger partial charge in [0.05, 0.1) is 0 Å². The molecule has 0 aliphatic rings. The first-order valence-corrected chi connectivity index (χ1v) is 6.64. The molecule has 6 heteroatoms. The smallest absolute Gasteiger partial charge is 0.274 e. The number of hydrogen-bond donors (Lipinski definition) is 2. The van der Waals surface area contributed by atoms with Crippen LogP contribution in [0.3, 0.4) is 0 Å². The summed E-state index contributed by atoms with van der Waals surface area (Å²) >= 11 is 3.26. The number of benzene rings is 1. The van der Waals surface area contributed by atoms with E-state index in [0.29, 0.717) is 16.9 Å². The second-order valence-electron chi connectivity index (χ2n) is 3.97. The highest BCUT2D eigenvalue weighted by atomic mass is 79.9. The number of anilines is 1. The summed E-state index contributed by atoms with van der Waals surface area (Å²) in [4.78, 5) is 27.3. The van der Waals surface area contributed by atoms with E-state index in [-0.39, 0.29) is 11.8 Å². The van der Waals surface area contributed by atoms with Crippen molar-refractivity contribution >= 4 is 33.4 Å². The first-order chi connectivity index (χ1) is 9.60. The maximum Gasteiger partial charge on any atom is 0.274 e. The van der Waals surface area contributed by atoms with Crippen LogP contribution < -0.4 is 10.6 Å². The molecular weight excluding hydrogens is 322 g/mol. The van der Waals surface area contributed by atoms with Crippen molar-refractivity contribution in [2.24, 2.45) is 0 Å². The van der Waals surface area contributed by atoms with Gasteiger partial charge >= 0.3 is 0 Å². The molecule has 20 heavy (non-hydrogen) atoms. The van der Waals surface area contributed by atoms with Gasteiger partial charge in [-0.25, -0.2) is 4.98 Å². The van der Waals surface area contributed by atoms with E-state index in [4.69, 9.17) is 0 Å². The molecule has 0 fully saturated rings. The van der Waals surface area contributed by atoms with Gasteiger partial charge in [-0.05, 0) is 52.3 Å². The Kier molecular flexibility index (Phi) is 4.47. The molecule has 0 saturated carbocycles. The minimum absolute atomic E-state index is 0.169. The predicted octanol–water partition coefficient (Wildman–Crippen LogP) is 2.46. The molecule has 5 nitrogen and oxygen atoms in total. The van der Waals surface area contributed by atoms with Gasteiger partial charge in [0.2, 0.25) is 0 Å². The summed E-state index contributed by atoms with van der Waals surface area (Å²) in [6.45, 7) is 0. The van der Waals surface area contributed by atoms with Gasteiger partial charge in [-0.3, -0.25) is 9.59 Å². The molecule has 0 saturated heterocycles. The van der Waals surface area contributed by atoms with Crippen LogP contribution in [0.5, 0.6) is 0 Å². The number of nitrogens with one attached hydrogen (secondary N) is 2. The molecule has 2 aromatic rings. The van der Waals surface area contributed by atoms with Crippen LogP contribution in [0.1, 0.15) is 20.8 Å². The second-order valence-corrected chi connectivity index (χ2v) is 4.89. The summed E-state index contributed by atoms with van der Waals surface area (Å²) in [7, 11) is 1.57. The molecule has 0 aliphatic carbocycles. The molecule has 1 aromatic heterocycles. The van der Waals surface area contributed by atoms with Crippen LogP contribution in [0.4, 0.5) is 5.69 Å². The lowest BCUT2D eigenvalue weighted by Crippen LogP contribution is -2.18. The van der Waals surface area contributed by atoms with Crippen molar-refractivity contribution in [3.63, 3.8) is 0 Å². The highest BCUT2D eigenvalue weighted by Crippen LogP contribution is 2.12. The highest BCUT2D eigenvalue weighted by molar-refractivity contribution is 9.10. The van der Waals surface area contributed by atoms with Crippen molar-refractivity contribution in [3.8, 4) is 0 Å². The van der Waals surface area contributed by atoms with Gasteiger partial charge in [-0.2, -0.15) is 0 Å². The number of carbonyl (C=O) groups is 2. The molecule has 0 radical (unpaired) electrons. The van der Waals surface area contributed by atoms with Crippen LogP contribution in [-0.4, -0.2) is 23.8 Å². The van der Waals surface area contributed by atoms with Gasteiger partial charge in [0.15, 0.2) is 0 Å². The van der Waals surface area contributed by atoms with Crippen LogP contribution in [0.15, 0.2) is 47.1 Å². The molecule has 2 N–H and O–H groups in total. The molecule has 102 valence electrons. The van der Waals surface area contributed by atoms with E-state index in [0.717, 1.165) is 4.47 Å². The van der Waals surface area contributed by atoms with E-state index in [1.54, 1.807) is 49.6 Å². The normalized spacial score (nSPS) is 9.90. The summed E-state index contributed by atoms with van der Waals surface area (Å²) in [6.07, 6.45) is 1.56. The Morgan fingerprint density at radius 1 is 1.05 bits per heavy atom. The maximum absolute atomic E-state index is 11.9. The van der Waals surface area contributed by atoms with Crippen LogP contribution >= 0.6 is 15.9 Å². The lowest BCUT2D eigenvalue weighted by molar-refractivity contribution is 0.0962. The van der Waals surface area contributed by atoms with E-state index in [9.17, 15) is 9.59 Å². The molecule has 0 bridgehead atoms. The Balaban J connectivity index is 2.08. The SMILES string of the molecule is CNC(=O)c1ccc(NC(=O)c2ccc(Br)cn2)cc1. The second kappa shape index (κ2) is 6.29. The maximum atomic E-state index is 11.9. The van der Waals surface area contributed by atoms with Gasteiger partial charge < -0.3 is 10.6 Å². The van der Waals surface area contributed by atoms with Crippen molar-refractivity contribution in [1.82, 2.24) is 10.3 Å². The quantitative estimate of drug-likeness (QED) is 0.906. The minimum Gasteiger partial charge on any atom is -0.355 e. The highest BCUT2D eigenvalue weighted by Gasteiger charge is 2.08. The van der Waals surface area contributed by atoms with Crippen LogP contribution in [0.2, 0.25) is 0 Å². The Bertz CT molecular complexity index is 624. The van der Waals surface area contributed by atoms with Crippen LogP contribution in [0, 0.1) is 0 Å². The summed E-state index contributed by atoms with van der Waals surface area (Å²) in [5.41, 5.74) is 1.46. The summed E-state index contributed by atoms with van der Waals surface area (Å²) in [6, 6.07) is 9.99. The van der Waals surface area contributed by atoms with Crippen molar-refractivity contribution in [1.29, 1.82) is 0 Å². The Morgan fingerprint density at radius 2 is 1.75 bits per heavy atom. The molecule has 1 aromatic carbocycles. The van der Waals surface area contributed by atoms with Crippen molar-refractivity contribution in [3.05, 3.63) is 58.3 Å². The molecule has 0 unspecified atom stereocenters. The average Bonchev–Trinajstić information content (AvgIpc) is 2.48. The van der Waals surface area contributed by atoms with E-state index < -0.39 is 0 Å². The summed E-state index contributed by atoms with van der Waals surface area (Å²) in [5.74, 6) is -0.470. The third kappa shape index (κ3) is 3.42. The fourth-order valence-electron chi connectivity index (χ4n) is 1.55. The number of hydrogen-bond acceptors (Lipinski definition) is 3. The van der Waals surface area contributed by atoms with Crippen LogP contribution in [-0.2, 0) is 0 Å². The lowest BCUT2D eigenvalue weighted by Gasteiger charge is -2.06. The molecular formula is C14H12BrN3O2. The van der Waals surface area contributed by atoms with E-state index in [1.807, 2.05) is 0 Å². The number of nitrogens with zero attached hydrogens (tertiary/aromatic N) is 1. The van der Waals surface area contributed by atoms with E-state index >= 15 is 0 Å². The number of amides is 2. The van der Waals surface area contributed by atoms with Gasteiger partial charge in [0.25, 0.3) is 11.8 Å². The summed E-state index contributed by atoms with van der Waals surface area (Å²) in [5, 5.41) is 5.25. The summed E-state index contributed by atoms with van der Waals surface area (Å²) < 4.78 is 0.809. The van der Waals surface area contributed by atoms with Gasteiger partial charge in [-0.15, -0.1) is 0 Å². The number of carbonyl (C=O) groups excluding carboxylic acids is 2. The number of rotatable bonds is 3. The molecule has 2 rings (SSSR count). The minimum atomic E-state index is -0.301. The fraction of sp³-hybridized carbons (Fsp3) is 0.0714. The number of halogens is 1. The lowest BCUT2D eigenvalue weighted by atomic mass is 10.2. The third-order valence-electron chi connectivity index (χ3n) is 2.59. The van der Waals surface area contributed by atoms with E-state index in [1.165, 1.54) is 0 Å². The van der Waals surface area contributed by atoms with Crippen molar-refractivity contribution in [2.75, 3.05) is 12.4 Å². The average molecular weight is 334 g/mol. The molecule has 2 amide bonds. The fourth-order valence-corrected chi connectivity index (χ4v) is 1.79. The molecule has 0 spiro atoms. The van der Waals surface area contributed by atoms with E-state index in [2.05, 4.69) is 31.5 Å². The Hall–Kier alpha value is -2.21. The molecule has 1 heterocycles. The third-order valence-corrected chi connectivity index (χ3v) is 3.06.